The van der Waals surface area contributed by atoms with Crippen molar-refractivity contribution in [3.63, 3.8) is 0 Å². The molecule has 1 aromatic rings. The average Bonchev–Trinajstić information content (AvgIpc) is 2.76. The highest BCUT2D eigenvalue weighted by molar-refractivity contribution is 5.97. The van der Waals surface area contributed by atoms with Crippen molar-refractivity contribution in [3.05, 3.63) is 18.0 Å². The Morgan fingerprint density at radius 2 is 2.29 bits per heavy atom. The van der Waals surface area contributed by atoms with E-state index in [9.17, 15) is 4.79 Å². The molecule has 0 spiro atoms. The Bertz CT molecular complexity index is 406. The van der Waals surface area contributed by atoms with E-state index in [0.29, 0.717) is 0 Å². The van der Waals surface area contributed by atoms with E-state index in [-0.39, 0.29) is 17.1 Å². The zero-order chi connectivity index (χ0) is 12.5. The summed E-state index contributed by atoms with van der Waals surface area (Å²) >= 11 is 0. The summed E-state index contributed by atoms with van der Waals surface area (Å²) in [4.78, 5) is 12.5. The van der Waals surface area contributed by atoms with Crippen molar-refractivity contribution < 1.29 is 4.79 Å². The van der Waals surface area contributed by atoms with Gasteiger partial charge in [-0.25, -0.2) is 0 Å². The number of ketones is 1. The quantitative estimate of drug-likeness (QED) is 0.752. The van der Waals surface area contributed by atoms with E-state index in [2.05, 4.69) is 18.9 Å². The SMILES string of the molecule is CCn1cc(C(=O)C2CCCCC2(C)C)cn1. The molecule has 1 heterocycles. The van der Waals surface area contributed by atoms with Crippen molar-refractivity contribution in [2.75, 3.05) is 0 Å². The molecule has 0 bridgehead atoms. The normalized spacial score (nSPS) is 23.6. The predicted octanol–water partition coefficient (Wildman–Crippen LogP) is 3.30. The Morgan fingerprint density at radius 3 is 2.88 bits per heavy atom. The fraction of sp³-hybridized carbons (Fsp3) is 0.714. The maximum atomic E-state index is 12.5. The molecule has 1 aliphatic rings. The number of aryl methyl sites for hydroxylation is 1. The summed E-state index contributed by atoms with van der Waals surface area (Å²) in [6.45, 7) is 7.30. The Balaban J connectivity index is 2.18. The maximum absolute atomic E-state index is 12.5. The number of hydrogen-bond donors (Lipinski definition) is 0. The van der Waals surface area contributed by atoms with Crippen LogP contribution < -0.4 is 0 Å². The minimum Gasteiger partial charge on any atom is -0.294 e. The summed E-state index contributed by atoms with van der Waals surface area (Å²) in [7, 11) is 0. The molecule has 1 aliphatic carbocycles. The molecule has 0 radical (unpaired) electrons. The zero-order valence-corrected chi connectivity index (χ0v) is 11.1. The van der Waals surface area contributed by atoms with Gasteiger partial charge in [0.25, 0.3) is 0 Å². The van der Waals surface area contributed by atoms with Crippen molar-refractivity contribution in [1.82, 2.24) is 9.78 Å². The molecule has 0 amide bonds. The van der Waals surface area contributed by atoms with Crippen LogP contribution in [-0.4, -0.2) is 15.6 Å². The van der Waals surface area contributed by atoms with Gasteiger partial charge in [0, 0.05) is 18.7 Å². The van der Waals surface area contributed by atoms with Crippen LogP contribution in [0, 0.1) is 11.3 Å². The van der Waals surface area contributed by atoms with Crippen molar-refractivity contribution in [3.8, 4) is 0 Å². The van der Waals surface area contributed by atoms with E-state index < -0.39 is 0 Å². The molecule has 94 valence electrons. The number of carbonyl (C=O) groups excluding carboxylic acids is 1. The van der Waals surface area contributed by atoms with Gasteiger partial charge in [-0.3, -0.25) is 9.48 Å². The Morgan fingerprint density at radius 1 is 1.53 bits per heavy atom. The molecule has 3 heteroatoms. The van der Waals surface area contributed by atoms with Gasteiger partial charge in [-0.15, -0.1) is 0 Å². The summed E-state index contributed by atoms with van der Waals surface area (Å²) in [5.41, 5.74) is 0.927. The smallest absolute Gasteiger partial charge is 0.169 e. The number of nitrogens with zero attached hydrogens (tertiary/aromatic N) is 2. The molecule has 1 aromatic heterocycles. The first kappa shape index (κ1) is 12.3. The molecular weight excluding hydrogens is 212 g/mol. The third-order valence-corrected chi connectivity index (χ3v) is 4.07. The number of Topliss-reactive ketones (excluding diaryl/α,β-unsaturated/α-hetero) is 1. The van der Waals surface area contributed by atoms with E-state index in [4.69, 9.17) is 0 Å². The van der Waals surface area contributed by atoms with Crippen LogP contribution in [0.5, 0.6) is 0 Å². The van der Waals surface area contributed by atoms with Gasteiger partial charge in [-0.1, -0.05) is 26.7 Å². The van der Waals surface area contributed by atoms with Gasteiger partial charge in [0.15, 0.2) is 5.78 Å². The number of hydrogen-bond acceptors (Lipinski definition) is 2. The Kier molecular flexibility index (Phi) is 3.36. The lowest BCUT2D eigenvalue weighted by atomic mass is 9.66. The van der Waals surface area contributed by atoms with Crippen LogP contribution in [-0.2, 0) is 6.54 Å². The maximum Gasteiger partial charge on any atom is 0.169 e. The van der Waals surface area contributed by atoms with Crippen LogP contribution in [0.25, 0.3) is 0 Å². The van der Waals surface area contributed by atoms with Gasteiger partial charge >= 0.3 is 0 Å². The second kappa shape index (κ2) is 4.63. The number of carbonyl (C=O) groups is 1. The largest absolute Gasteiger partial charge is 0.294 e. The highest BCUT2D eigenvalue weighted by atomic mass is 16.1. The van der Waals surface area contributed by atoms with E-state index in [0.717, 1.165) is 24.9 Å². The lowest BCUT2D eigenvalue weighted by molar-refractivity contribution is 0.0697. The van der Waals surface area contributed by atoms with Crippen molar-refractivity contribution in [2.24, 2.45) is 11.3 Å². The third-order valence-electron chi connectivity index (χ3n) is 4.07. The predicted molar refractivity (Wildman–Crippen MR) is 68.0 cm³/mol. The minimum atomic E-state index is 0.143. The average molecular weight is 234 g/mol. The fourth-order valence-electron chi connectivity index (χ4n) is 2.84. The molecule has 0 N–H and O–H groups in total. The topological polar surface area (TPSA) is 34.9 Å². The van der Waals surface area contributed by atoms with Crippen molar-refractivity contribution in [1.29, 1.82) is 0 Å². The molecule has 17 heavy (non-hydrogen) atoms. The molecule has 3 nitrogen and oxygen atoms in total. The van der Waals surface area contributed by atoms with Crippen LogP contribution in [0.1, 0.15) is 56.8 Å². The lowest BCUT2D eigenvalue weighted by Gasteiger charge is -2.37. The molecule has 1 saturated carbocycles. The van der Waals surface area contributed by atoms with E-state index in [1.807, 2.05) is 17.8 Å². The lowest BCUT2D eigenvalue weighted by Crippen LogP contribution is -2.33. The van der Waals surface area contributed by atoms with Gasteiger partial charge < -0.3 is 0 Å². The number of rotatable bonds is 3. The Labute approximate surface area is 103 Å². The summed E-state index contributed by atoms with van der Waals surface area (Å²) in [5.74, 6) is 0.458. The van der Waals surface area contributed by atoms with Crippen LogP contribution in [0.15, 0.2) is 12.4 Å². The standard InChI is InChI=1S/C14H22N2O/c1-4-16-10-11(9-15-16)13(17)12-7-5-6-8-14(12,2)3/h9-10,12H,4-8H2,1-3H3. The van der Waals surface area contributed by atoms with Crippen molar-refractivity contribution >= 4 is 5.78 Å². The van der Waals surface area contributed by atoms with Crippen molar-refractivity contribution in [2.45, 2.75) is 53.0 Å². The first-order valence-electron chi connectivity index (χ1n) is 6.61. The molecule has 0 aliphatic heterocycles. The monoisotopic (exact) mass is 234 g/mol. The molecule has 1 unspecified atom stereocenters. The van der Waals surface area contributed by atoms with E-state index in [1.165, 1.54) is 12.8 Å². The first-order valence-corrected chi connectivity index (χ1v) is 6.61. The third kappa shape index (κ3) is 2.43. The van der Waals surface area contributed by atoms with Gasteiger partial charge in [-0.05, 0) is 25.2 Å². The highest BCUT2D eigenvalue weighted by Gasteiger charge is 2.37. The van der Waals surface area contributed by atoms with E-state index in [1.54, 1.807) is 6.20 Å². The molecule has 2 rings (SSSR count). The van der Waals surface area contributed by atoms with Crippen LogP contribution >= 0.6 is 0 Å². The first-order chi connectivity index (χ1) is 8.04. The zero-order valence-electron chi connectivity index (χ0n) is 11.1. The highest BCUT2D eigenvalue weighted by Crippen LogP contribution is 2.42. The molecular formula is C14H22N2O. The molecule has 1 fully saturated rings. The minimum absolute atomic E-state index is 0.143. The van der Waals surface area contributed by atoms with Gasteiger partial charge in [0.05, 0.1) is 11.8 Å². The van der Waals surface area contributed by atoms with Gasteiger partial charge in [0.2, 0.25) is 0 Å². The van der Waals surface area contributed by atoms with Crippen LogP contribution in [0.3, 0.4) is 0 Å². The second-order valence-electron chi connectivity index (χ2n) is 5.74. The summed E-state index contributed by atoms with van der Waals surface area (Å²) in [6.07, 6.45) is 8.23. The second-order valence-corrected chi connectivity index (χ2v) is 5.74. The number of aromatic nitrogens is 2. The molecule has 0 saturated heterocycles. The molecule has 0 aromatic carbocycles. The van der Waals surface area contributed by atoms with Gasteiger partial charge in [-0.2, -0.15) is 5.10 Å². The summed E-state index contributed by atoms with van der Waals surface area (Å²) < 4.78 is 1.82. The van der Waals surface area contributed by atoms with Gasteiger partial charge in [0.1, 0.15) is 0 Å². The molecule has 1 atom stereocenters. The van der Waals surface area contributed by atoms with E-state index >= 15 is 0 Å². The fourth-order valence-corrected chi connectivity index (χ4v) is 2.84. The summed E-state index contributed by atoms with van der Waals surface area (Å²) in [6, 6.07) is 0. The van der Waals surface area contributed by atoms with Crippen LogP contribution in [0.2, 0.25) is 0 Å². The van der Waals surface area contributed by atoms with Crippen LogP contribution in [0.4, 0.5) is 0 Å². The Hall–Kier alpha value is -1.12. The summed E-state index contributed by atoms with van der Waals surface area (Å²) in [5, 5.41) is 4.19.